The summed E-state index contributed by atoms with van der Waals surface area (Å²) in [6, 6.07) is 8.40. The molecule has 120 valence electrons. The van der Waals surface area contributed by atoms with E-state index in [1.807, 2.05) is 29.2 Å². The van der Waals surface area contributed by atoms with Crippen LogP contribution >= 0.6 is 11.6 Å². The molecule has 0 radical (unpaired) electrons. The molecule has 1 aromatic rings. The summed E-state index contributed by atoms with van der Waals surface area (Å²) in [5, 5.41) is 0.691. The lowest BCUT2D eigenvalue weighted by Gasteiger charge is -2.40. The Balaban J connectivity index is 1.50. The van der Waals surface area contributed by atoms with Gasteiger partial charge in [-0.1, -0.05) is 49.1 Å². The molecule has 1 saturated heterocycles. The normalized spacial score (nSPS) is 21.0. The summed E-state index contributed by atoms with van der Waals surface area (Å²) in [7, 11) is 0. The average Bonchev–Trinajstić information content (AvgIpc) is 2.58. The molecule has 2 fully saturated rings. The number of rotatable bonds is 3. The number of amides is 1. The zero-order valence-electron chi connectivity index (χ0n) is 13.1. The average molecular weight is 321 g/mol. The van der Waals surface area contributed by atoms with E-state index in [9.17, 15) is 4.79 Å². The molecule has 0 atom stereocenters. The lowest BCUT2D eigenvalue weighted by Crippen LogP contribution is -2.52. The highest BCUT2D eigenvalue weighted by molar-refractivity contribution is 6.31. The molecular formula is C18H25ClN2O. The second-order valence-electron chi connectivity index (χ2n) is 6.48. The molecule has 0 bridgehead atoms. The smallest absolute Gasteiger partial charge is 0.227 e. The van der Waals surface area contributed by atoms with Crippen molar-refractivity contribution in [1.82, 2.24) is 9.80 Å². The van der Waals surface area contributed by atoms with Gasteiger partial charge in [-0.2, -0.15) is 0 Å². The van der Waals surface area contributed by atoms with E-state index in [-0.39, 0.29) is 5.91 Å². The minimum Gasteiger partial charge on any atom is -0.340 e. The van der Waals surface area contributed by atoms with E-state index in [1.54, 1.807) is 0 Å². The highest BCUT2D eigenvalue weighted by Crippen LogP contribution is 2.24. The van der Waals surface area contributed by atoms with E-state index >= 15 is 0 Å². The maximum atomic E-state index is 12.5. The molecule has 1 aromatic carbocycles. The third-order valence-electron chi connectivity index (χ3n) is 5.06. The summed E-state index contributed by atoms with van der Waals surface area (Å²) in [6.07, 6.45) is 7.24. The van der Waals surface area contributed by atoms with Crippen LogP contribution in [0, 0.1) is 0 Å². The first-order chi connectivity index (χ1) is 10.7. The van der Waals surface area contributed by atoms with Crippen molar-refractivity contribution in [2.75, 3.05) is 26.2 Å². The largest absolute Gasteiger partial charge is 0.340 e. The number of halogens is 1. The molecule has 1 amide bonds. The fourth-order valence-electron chi connectivity index (χ4n) is 3.70. The SMILES string of the molecule is O=C(Cc1ccccc1Cl)N1CCN(C2CCCCC2)CC1. The Morgan fingerprint density at radius 1 is 1.05 bits per heavy atom. The minimum atomic E-state index is 0.205. The number of hydrogen-bond acceptors (Lipinski definition) is 2. The van der Waals surface area contributed by atoms with Gasteiger partial charge in [-0.05, 0) is 24.5 Å². The number of hydrogen-bond donors (Lipinski definition) is 0. The van der Waals surface area contributed by atoms with Crippen LogP contribution in [0.5, 0.6) is 0 Å². The molecule has 3 nitrogen and oxygen atoms in total. The molecule has 1 saturated carbocycles. The quantitative estimate of drug-likeness (QED) is 0.852. The van der Waals surface area contributed by atoms with Gasteiger partial charge in [0, 0.05) is 37.2 Å². The van der Waals surface area contributed by atoms with Crippen LogP contribution in [-0.4, -0.2) is 47.9 Å². The van der Waals surface area contributed by atoms with Crippen molar-refractivity contribution in [3.8, 4) is 0 Å². The van der Waals surface area contributed by atoms with Crippen molar-refractivity contribution in [2.45, 2.75) is 44.6 Å². The van der Waals surface area contributed by atoms with Gasteiger partial charge >= 0.3 is 0 Å². The summed E-state index contributed by atoms with van der Waals surface area (Å²) < 4.78 is 0. The summed E-state index contributed by atoms with van der Waals surface area (Å²) in [5.41, 5.74) is 0.934. The predicted octanol–water partition coefficient (Wildman–Crippen LogP) is 3.36. The van der Waals surface area contributed by atoms with Crippen LogP contribution in [0.15, 0.2) is 24.3 Å². The number of piperazine rings is 1. The Kier molecular flexibility index (Phi) is 5.37. The van der Waals surface area contributed by atoms with E-state index < -0.39 is 0 Å². The first-order valence-corrected chi connectivity index (χ1v) is 8.87. The van der Waals surface area contributed by atoms with Gasteiger partial charge in [0.25, 0.3) is 0 Å². The van der Waals surface area contributed by atoms with Gasteiger partial charge in [0.05, 0.1) is 6.42 Å². The molecule has 2 aliphatic rings. The lowest BCUT2D eigenvalue weighted by atomic mass is 9.94. The highest BCUT2D eigenvalue weighted by Gasteiger charge is 2.27. The van der Waals surface area contributed by atoms with Gasteiger partial charge in [-0.3, -0.25) is 9.69 Å². The van der Waals surface area contributed by atoms with Crippen LogP contribution in [0.1, 0.15) is 37.7 Å². The fourth-order valence-corrected chi connectivity index (χ4v) is 3.90. The standard InChI is InChI=1S/C18H25ClN2O/c19-17-9-5-4-6-15(17)14-18(22)21-12-10-20(11-13-21)16-7-2-1-3-8-16/h4-6,9,16H,1-3,7-8,10-14H2. The molecule has 1 aliphatic carbocycles. The van der Waals surface area contributed by atoms with Crippen LogP contribution in [0.2, 0.25) is 5.02 Å². The van der Waals surface area contributed by atoms with E-state index in [0.29, 0.717) is 11.4 Å². The Morgan fingerprint density at radius 2 is 1.73 bits per heavy atom. The monoisotopic (exact) mass is 320 g/mol. The first kappa shape index (κ1) is 15.8. The van der Waals surface area contributed by atoms with Crippen molar-refractivity contribution in [3.05, 3.63) is 34.9 Å². The minimum absolute atomic E-state index is 0.205. The van der Waals surface area contributed by atoms with E-state index in [2.05, 4.69) is 4.90 Å². The van der Waals surface area contributed by atoms with E-state index in [1.165, 1.54) is 32.1 Å². The van der Waals surface area contributed by atoms with Gasteiger partial charge in [0.1, 0.15) is 0 Å². The number of nitrogens with zero attached hydrogens (tertiary/aromatic N) is 2. The molecule has 0 spiro atoms. The van der Waals surface area contributed by atoms with Gasteiger partial charge in [-0.15, -0.1) is 0 Å². The van der Waals surface area contributed by atoms with Crippen LogP contribution in [0.25, 0.3) is 0 Å². The molecular weight excluding hydrogens is 296 g/mol. The zero-order chi connectivity index (χ0) is 15.4. The zero-order valence-corrected chi connectivity index (χ0v) is 13.9. The molecule has 4 heteroatoms. The number of carbonyl (C=O) groups excluding carboxylic acids is 1. The van der Waals surface area contributed by atoms with Crippen molar-refractivity contribution in [2.24, 2.45) is 0 Å². The first-order valence-electron chi connectivity index (χ1n) is 8.49. The van der Waals surface area contributed by atoms with Crippen molar-refractivity contribution in [1.29, 1.82) is 0 Å². The van der Waals surface area contributed by atoms with E-state index in [4.69, 9.17) is 11.6 Å². The summed E-state index contributed by atoms with van der Waals surface area (Å²) in [6.45, 7) is 3.78. The Labute approximate surface area is 138 Å². The molecule has 22 heavy (non-hydrogen) atoms. The second-order valence-corrected chi connectivity index (χ2v) is 6.88. The van der Waals surface area contributed by atoms with Crippen molar-refractivity contribution in [3.63, 3.8) is 0 Å². The van der Waals surface area contributed by atoms with Crippen molar-refractivity contribution >= 4 is 17.5 Å². The molecule has 0 unspecified atom stereocenters. The second kappa shape index (κ2) is 7.47. The number of carbonyl (C=O) groups is 1. The van der Waals surface area contributed by atoms with E-state index in [0.717, 1.165) is 37.8 Å². The number of benzene rings is 1. The van der Waals surface area contributed by atoms with Gasteiger partial charge in [0.15, 0.2) is 0 Å². The van der Waals surface area contributed by atoms with Crippen molar-refractivity contribution < 1.29 is 4.79 Å². The maximum absolute atomic E-state index is 12.5. The maximum Gasteiger partial charge on any atom is 0.227 e. The van der Waals surface area contributed by atoms with Gasteiger partial charge in [-0.25, -0.2) is 0 Å². The molecule has 0 aromatic heterocycles. The summed E-state index contributed by atoms with van der Waals surface area (Å²) >= 11 is 6.15. The van der Waals surface area contributed by atoms with Crippen LogP contribution < -0.4 is 0 Å². The Hall–Kier alpha value is -1.06. The van der Waals surface area contributed by atoms with Gasteiger partial charge in [0.2, 0.25) is 5.91 Å². The molecule has 3 rings (SSSR count). The third kappa shape index (κ3) is 3.82. The topological polar surface area (TPSA) is 23.6 Å². The summed E-state index contributed by atoms with van der Waals surface area (Å²) in [5.74, 6) is 0.205. The van der Waals surface area contributed by atoms with Crippen LogP contribution in [0.4, 0.5) is 0 Å². The third-order valence-corrected chi connectivity index (χ3v) is 5.43. The molecule has 0 N–H and O–H groups in total. The Morgan fingerprint density at radius 3 is 2.41 bits per heavy atom. The van der Waals surface area contributed by atoms with Gasteiger partial charge < -0.3 is 4.90 Å². The van der Waals surface area contributed by atoms with Crippen LogP contribution in [0.3, 0.4) is 0 Å². The highest BCUT2D eigenvalue weighted by atomic mass is 35.5. The molecule has 1 heterocycles. The molecule has 1 aliphatic heterocycles. The fraction of sp³-hybridized carbons (Fsp3) is 0.611. The predicted molar refractivity (Wildman–Crippen MR) is 90.2 cm³/mol. The lowest BCUT2D eigenvalue weighted by molar-refractivity contribution is -0.132. The summed E-state index contributed by atoms with van der Waals surface area (Å²) in [4.78, 5) is 17.0. The van der Waals surface area contributed by atoms with Crippen LogP contribution in [-0.2, 0) is 11.2 Å². The Bertz CT molecular complexity index is 506.